The summed E-state index contributed by atoms with van der Waals surface area (Å²) < 4.78 is 6.94. The maximum absolute atomic E-state index is 6.94. The molecule has 2 aliphatic heterocycles. The normalized spacial score (nSPS) is 14.9. The topological polar surface area (TPSA) is 19.6 Å². The highest BCUT2D eigenvalue weighted by molar-refractivity contribution is 6.99. The zero-order chi connectivity index (χ0) is 26.2. The van der Waals surface area contributed by atoms with Crippen LogP contribution in [0.3, 0.4) is 0 Å². The van der Waals surface area contributed by atoms with E-state index in [9.17, 15) is 0 Å². The number of hydrogen-bond acceptors (Lipinski definition) is 3. The maximum Gasteiger partial charge on any atom is 0.297 e. The van der Waals surface area contributed by atoms with E-state index in [-0.39, 0.29) is 6.71 Å². The van der Waals surface area contributed by atoms with Crippen LogP contribution in [0.5, 0.6) is 0 Å². The molecule has 3 nitrogen and oxygen atoms in total. The van der Waals surface area contributed by atoms with Gasteiger partial charge in [0.25, 0.3) is 6.71 Å². The average Bonchev–Trinajstić information content (AvgIpc) is 3.40. The van der Waals surface area contributed by atoms with E-state index in [4.69, 9.17) is 4.42 Å². The molecule has 1 aliphatic carbocycles. The summed E-state index contributed by atoms with van der Waals surface area (Å²) in [5.41, 5.74) is 12.5. The molecule has 190 valence electrons. The number of furan rings is 1. The highest BCUT2D eigenvalue weighted by Crippen LogP contribution is 2.47. The van der Waals surface area contributed by atoms with Crippen molar-refractivity contribution in [3.8, 4) is 0 Å². The van der Waals surface area contributed by atoms with Gasteiger partial charge < -0.3 is 14.2 Å². The van der Waals surface area contributed by atoms with Crippen LogP contribution in [0.2, 0.25) is 0 Å². The van der Waals surface area contributed by atoms with E-state index >= 15 is 0 Å². The molecule has 9 rings (SSSR count). The Kier molecular flexibility index (Phi) is 4.65. The highest BCUT2D eigenvalue weighted by Gasteiger charge is 2.47. The zero-order valence-electron chi connectivity index (χ0n) is 22.2. The van der Waals surface area contributed by atoms with E-state index in [1.165, 1.54) is 80.0 Å². The van der Waals surface area contributed by atoms with Gasteiger partial charge in [-0.3, -0.25) is 0 Å². The van der Waals surface area contributed by atoms with Gasteiger partial charge in [0, 0.05) is 40.1 Å². The number of anilines is 6. The minimum Gasteiger partial charge on any atom is -0.473 e. The first-order valence-corrected chi connectivity index (χ1v) is 14.4. The van der Waals surface area contributed by atoms with Crippen LogP contribution < -0.4 is 26.4 Å². The number of fused-ring (bicyclic) bond motifs is 7. The molecule has 0 fully saturated rings. The van der Waals surface area contributed by atoms with E-state index in [0.717, 1.165) is 18.5 Å². The molecule has 0 N–H and O–H groups in total. The van der Waals surface area contributed by atoms with Crippen LogP contribution in [0.1, 0.15) is 24.2 Å². The van der Waals surface area contributed by atoms with Crippen molar-refractivity contribution in [3.05, 3.63) is 127 Å². The van der Waals surface area contributed by atoms with E-state index in [2.05, 4.69) is 125 Å². The molecule has 3 heterocycles. The lowest BCUT2D eigenvalue weighted by atomic mass is 9.35. The van der Waals surface area contributed by atoms with Crippen LogP contribution in [-0.4, -0.2) is 6.71 Å². The molecule has 0 bridgehead atoms. The van der Waals surface area contributed by atoms with Crippen LogP contribution in [-0.2, 0) is 12.8 Å². The SMILES string of the molecule is c1ccc(N2c3cccc4c3B(c3ccccc3N4c3cccc4ccccc34)c3oc4c(c32)CCCC4)cc1. The van der Waals surface area contributed by atoms with Gasteiger partial charge in [0.15, 0.2) is 0 Å². The van der Waals surface area contributed by atoms with Gasteiger partial charge >= 0.3 is 0 Å². The van der Waals surface area contributed by atoms with E-state index in [0.29, 0.717) is 0 Å². The number of rotatable bonds is 2. The van der Waals surface area contributed by atoms with Crippen molar-refractivity contribution in [2.45, 2.75) is 25.7 Å². The van der Waals surface area contributed by atoms with E-state index in [1.807, 2.05) is 0 Å². The molecule has 0 unspecified atom stereocenters. The Morgan fingerprint density at radius 1 is 0.575 bits per heavy atom. The molecule has 6 aromatic rings. The number of aryl methyl sites for hydroxylation is 1. The molecule has 0 spiro atoms. The predicted molar refractivity (Wildman–Crippen MR) is 167 cm³/mol. The van der Waals surface area contributed by atoms with Crippen molar-refractivity contribution in [3.63, 3.8) is 0 Å². The molecule has 5 aromatic carbocycles. The summed E-state index contributed by atoms with van der Waals surface area (Å²) in [4.78, 5) is 4.96. The first-order valence-electron chi connectivity index (χ1n) is 14.4. The molecule has 1 aromatic heterocycles. The third-order valence-corrected chi connectivity index (χ3v) is 9.00. The molecule has 4 heteroatoms. The highest BCUT2D eigenvalue weighted by atomic mass is 16.3. The molecule has 0 atom stereocenters. The standard InChI is InChI=1S/C36H27BN2O/c1-2-14-25(15-3-1)38-31-21-11-22-32-34(31)37(36-35(38)27-17-6-9-23-33(27)40-36)28-18-7-8-19-30(28)39(32)29-20-10-13-24-12-4-5-16-26(24)29/h1-5,7-8,10-16,18-22H,6,9,17,23H2. The van der Waals surface area contributed by atoms with Gasteiger partial charge in [-0.05, 0) is 72.0 Å². The molecule has 40 heavy (non-hydrogen) atoms. The molecule has 0 amide bonds. The summed E-state index contributed by atoms with van der Waals surface area (Å²) in [6.45, 7) is 0.0502. The summed E-state index contributed by atoms with van der Waals surface area (Å²) >= 11 is 0. The molecule has 0 saturated heterocycles. The van der Waals surface area contributed by atoms with Gasteiger partial charge in [-0.25, -0.2) is 0 Å². The Hall–Kier alpha value is -4.70. The fourth-order valence-electron chi connectivity index (χ4n) is 7.36. The lowest BCUT2D eigenvalue weighted by Crippen LogP contribution is -2.61. The van der Waals surface area contributed by atoms with Crippen LogP contribution >= 0.6 is 0 Å². The van der Waals surface area contributed by atoms with Gasteiger partial charge in [-0.1, -0.05) is 78.9 Å². The van der Waals surface area contributed by atoms with Crippen LogP contribution in [0, 0.1) is 0 Å². The second-order valence-corrected chi connectivity index (χ2v) is 11.1. The smallest absolute Gasteiger partial charge is 0.297 e. The number of para-hydroxylation sites is 2. The van der Waals surface area contributed by atoms with Gasteiger partial charge in [0.1, 0.15) is 5.76 Å². The van der Waals surface area contributed by atoms with Gasteiger partial charge in [-0.2, -0.15) is 0 Å². The Bertz CT molecular complexity index is 1940. The summed E-state index contributed by atoms with van der Waals surface area (Å²) in [5.74, 6) is 1.18. The van der Waals surface area contributed by atoms with Gasteiger partial charge in [0.2, 0.25) is 0 Å². The summed E-state index contributed by atoms with van der Waals surface area (Å²) in [7, 11) is 0. The van der Waals surface area contributed by atoms with Crippen molar-refractivity contribution in [1.82, 2.24) is 0 Å². The molecule has 0 radical (unpaired) electrons. The molecule has 3 aliphatic rings. The Morgan fingerprint density at radius 2 is 1.25 bits per heavy atom. The molecular weight excluding hydrogens is 487 g/mol. The lowest BCUT2D eigenvalue weighted by molar-refractivity contribution is 0.497. The predicted octanol–water partition coefficient (Wildman–Crippen LogP) is 7.39. The summed E-state index contributed by atoms with van der Waals surface area (Å²) in [5, 5.41) is 2.50. The van der Waals surface area contributed by atoms with E-state index < -0.39 is 0 Å². The third-order valence-electron chi connectivity index (χ3n) is 9.00. The van der Waals surface area contributed by atoms with Gasteiger partial charge in [-0.15, -0.1) is 0 Å². The first kappa shape index (κ1) is 22.2. The maximum atomic E-state index is 6.94. The van der Waals surface area contributed by atoms with Crippen molar-refractivity contribution in [2.75, 3.05) is 9.80 Å². The second-order valence-electron chi connectivity index (χ2n) is 11.1. The largest absolute Gasteiger partial charge is 0.473 e. The minimum atomic E-state index is 0.0502. The van der Waals surface area contributed by atoms with Crippen molar-refractivity contribution in [2.24, 2.45) is 0 Å². The van der Waals surface area contributed by atoms with Crippen molar-refractivity contribution < 1.29 is 4.42 Å². The number of benzene rings is 5. The minimum absolute atomic E-state index is 0.0502. The fourth-order valence-corrected chi connectivity index (χ4v) is 7.36. The third kappa shape index (κ3) is 2.96. The Morgan fingerprint density at radius 3 is 2.17 bits per heavy atom. The van der Waals surface area contributed by atoms with Crippen LogP contribution in [0.4, 0.5) is 34.1 Å². The number of nitrogens with zero attached hydrogens (tertiary/aromatic N) is 2. The van der Waals surface area contributed by atoms with E-state index in [1.54, 1.807) is 0 Å². The van der Waals surface area contributed by atoms with Crippen molar-refractivity contribution in [1.29, 1.82) is 0 Å². The zero-order valence-corrected chi connectivity index (χ0v) is 22.2. The monoisotopic (exact) mass is 514 g/mol. The van der Waals surface area contributed by atoms with Crippen LogP contribution in [0.15, 0.2) is 120 Å². The molecular formula is C36H27BN2O. The lowest BCUT2D eigenvalue weighted by Gasteiger charge is -2.42. The fraction of sp³-hybridized carbons (Fsp3) is 0.111. The van der Waals surface area contributed by atoms with Crippen molar-refractivity contribution >= 4 is 68.2 Å². The second kappa shape index (κ2) is 8.40. The Labute approximate surface area is 234 Å². The summed E-state index contributed by atoms with van der Waals surface area (Å²) in [6, 6.07) is 41.9. The number of hydrogen-bond donors (Lipinski definition) is 0. The summed E-state index contributed by atoms with van der Waals surface area (Å²) in [6.07, 6.45) is 4.50. The Balaban J connectivity index is 1.39. The first-order chi connectivity index (χ1) is 19.9. The van der Waals surface area contributed by atoms with Gasteiger partial charge in [0.05, 0.1) is 17.0 Å². The molecule has 0 saturated carbocycles. The average molecular weight is 514 g/mol. The quantitative estimate of drug-likeness (QED) is 0.224. The van der Waals surface area contributed by atoms with Crippen LogP contribution in [0.25, 0.3) is 10.8 Å².